The molecule has 1 aliphatic heterocycles. The second-order valence-corrected chi connectivity index (χ2v) is 14.2. The average Bonchev–Trinajstić information content (AvgIpc) is 2.91. The molecule has 0 spiro atoms. The van der Waals surface area contributed by atoms with Gasteiger partial charge in [-0.15, -0.1) is 0 Å². The first-order valence-electron chi connectivity index (χ1n) is 13.4. The smallest absolute Gasteiger partial charge is 0.243 e. The lowest BCUT2D eigenvalue weighted by Gasteiger charge is -2.30. The number of benzene rings is 3. The number of nitrogen functional groups attached to an aromatic ring is 1. The zero-order valence-electron chi connectivity index (χ0n) is 22.9. The lowest BCUT2D eigenvalue weighted by Crippen LogP contribution is -2.41. The second-order valence-electron chi connectivity index (χ2n) is 10.3. The lowest BCUT2D eigenvalue weighted by molar-refractivity contribution is 0.238. The molecule has 1 saturated heterocycles. The van der Waals surface area contributed by atoms with Gasteiger partial charge in [0, 0.05) is 38.4 Å². The van der Waals surface area contributed by atoms with Crippen LogP contribution in [0.3, 0.4) is 0 Å². The van der Waals surface area contributed by atoms with Gasteiger partial charge in [0.25, 0.3) is 0 Å². The number of nitrogens with zero attached hydrogens (tertiary/aromatic N) is 3. The second kappa shape index (κ2) is 13.1. The number of rotatable bonds is 6. The molecule has 1 heterocycles. The summed E-state index contributed by atoms with van der Waals surface area (Å²) in [5.41, 5.74) is 8.88. The Bertz CT molecular complexity index is 1510. The number of hydrogen-bond donors (Lipinski definition) is 1. The van der Waals surface area contributed by atoms with Crippen LogP contribution in [0.1, 0.15) is 24.0 Å². The average molecular weight is 583 g/mol. The number of aryl methyl sites for hydroxylation is 1. The van der Waals surface area contributed by atoms with E-state index in [1.807, 2.05) is 25.1 Å². The molecule has 3 aromatic rings. The summed E-state index contributed by atoms with van der Waals surface area (Å²) in [5.74, 6) is 0. The zero-order chi connectivity index (χ0) is 28.8. The number of nitrogens with two attached hydrogens (primary N) is 1. The van der Waals surface area contributed by atoms with E-state index in [1.54, 1.807) is 36.4 Å². The van der Waals surface area contributed by atoms with Crippen LogP contribution in [0.15, 0.2) is 101 Å². The van der Waals surface area contributed by atoms with E-state index in [-0.39, 0.29) is 29.4 Å². The highest BCUT2D eigenvalue weighted by Crippen LogP contribution is 2.23. The van der Waals surface area contributed by atoms with Gasteiger partial charge in [-0.05, 0) is 74.3 Å². The maximum atomic E-state index is 13.7. The highest BCUT2D eigenvalue weighted by Gasteiger charge is 2.29. The van der Waals surface area contributed by atoms with Crippen LogP contribution in [0.25, 0.3) is 0 Å². The maximum Gasteiger partial charge on any atom is 0.243 e. The molecule has 0 unspecified atom stereocenters. The van der Waals surface area contributed by atoms with Crippen molar-refractivity contribution in [2.45, 2.75) is 36.1 Å². The summed E-state index contributed by atoms with van der Waals surface area (Å²) in [7, 11) is -7.70. The Hall–Kier alpha value is -3.02. The number of anilines is 1. The minimum Gasteiger partial charge on any atom is -0.399 e. The molecule has 2 N–H and O–H groups in total. The summed E-state index contributed by atoms with van der Waals surface area (Å²) in [6, 6.07) is 23.1. The van der Waals surface area contributed by atoms with Gasteiger partial charge in [-0.3, -0.25) is 4.90 Å². The molecule has 4 rings (SSSR count). The van der Waals surface area contributed by atoms with Gasteiger partial charge in [0.15, 0.2) is 0 Å². The van der Waals surface area contributed by atoms with E-state index in [0.717, 1.165) is 11.1 Å². The normalized spacial score (nSPS) is 17.7. The summed E-state index contributed by atoms with van der Waals surface area (Å²) in [6.07, 6.45) is 1.25. The summed E-state index contributed by atoms with van der Waals surface area (Å²) in [5, 5.41) is 0. The fourth-order valence-corrected chi connectivity index (χ4v) is 7.91. The molecule has 40 heavy (non-hydrogen) atoms. The molecule has 0 saturated carbocycles. The van der Waals surface area contributed by atoms with Crippen LogP contribution in [0.5, 0.6) is 0 Å². The molecule has 0 aliphatic carbocycles. The Morgan fingerprint density at radius 3 is 1.88 bits per heavy atom. The lowest BCUT2D eigenvalue weighted by atomic mass is 10.2. The van der Waals surface area contributed by atoms with E-state index < -0.39 is 20.0 Å². The standard InChI is InChI=1S/C30H38N4O4S2/c1-25-13-15-29(16-14-25)39(35,36)33-19-7-17-32(24-27-9-4-3-5-10-27)18-8-20-34(23-26(2)22-33)40(37,38)30-12-6-11-28(31)21-30/h3-6,9-16,21H,2,7-8,17-20,22-24,31H2,1H3. The molecule has 0 radical (unpaired) electrons. The predicted octanol–water partition coefficient (Wildman–Crippen LogP) is 4.11. The van der Waals surface area contributed by atoms with E-state index >= 15 is 0 Å². The largest absolute Gasteiger partial charge is 0.399 e. The first kappa shape index (κ1) is 30.0. The summed E-state index contributed by atoms with van der Waals surface area (Å²) in [6.45, 7) is 8.65. The van der Waals surface area contributed by atoms with E-state index in [2.05, 4.69) is 23.6 Å². The van der Waals surface area contributed by atoms with E-state index in [4.69, 9.17) is 5.73 Å². The van der Waals surface area contributed by atoms with Gasteiger partial charge in [-0.2, -0.15) is 8.61 Å². The minimum atomic E-state index is -3.89. The van der Waals surface area contributed by atoms with Gasteiger partial charge in [0.2, 0.25) is 20.0 Å². The molecule has 8 nitrogen and oxygen atoms in total. The molecule has 0 amide bonds. The van der Waals surface area contributed by atoms with Crippen LogP contribution in [0.2, 0.25) is 0 Å². The van der Waals surface area contributed by atoms with Gasteiger partial charge in [0.05, 0.1) is 9.79 Å². The van der Waals surface area contributed by atoms with Crippen LogP contribution in [0.4, 0.5) is 5.69 Å². The van der Waals surface area contributed by atoms with Crippen molar-refractivity contribution in [3.05, 3.63) is 102 Å². The van der Waals surface area contributed by atoms with Crippen LogP contribution in [-0.2, 0) is 26.6 Å². The molecule has 3 aromatic carbocycles. The highest BCUT2D eigenvalue weighted by molar-refractivity contribution is 7.89. The van der Waals surface area contributed by atoms with Gasteiger partial charge in [0.1, 0.15) is 0 Å². The van der Waals surface area contributed by atoms with Crippen molar-refractivity contribution in [1.82, 2.24) is 13.5 Å². The van der Waals surface area contributed by atoms with Gasteiger partial charge >= 0.3 is 0 Å². The van der Waals surface area contributed by atoms with Gasteiger partial charge in [-0.1, -0.05) is 60.7 Å². The molecule has 1 fully saturated rings. The molecule has 0 bridgehead atoms. The third-order valence-electron chi connectivity index (χ3n) is 6.97. The topological polar surface area (TPSA) is 104 Å². The molecule has 10 heteroatoms. The van der Waals surface area contributed by atoms with Crippen LogP contribution in [0, 0.1) is 6.92 Å². The SMILES string of the molecule is C=C1CN(S(=O)(=O)c2ccc(C)cc2)CCCN(Cc2ccccc2)CCCN(S(=O)(=O)c2cccc(N)c2)C1. The Labute approximate surface area is 238 Å². The molecule has 0 aromatic heterocycles. The fourth-order valence-electron chi connectivity index (χ4n) is 4.85. The molecular weight excluding hydrogens is 544 g/mol. The third-order valence-corrected chi connectivity index (χ3v) is 10.7. The zero-order valence-corrected chi connectivity index (χ0v) is 24.6. The van der Waals surface area contributed by atoms with Crippen LogP contribution < -0.4 is 5.73 Å². The van der Waals surface area contributed by atoms with E-state index in [9.17, 15) is 16.8 Å². The van der Waals surface area contributed by atoms with Crippen molar-refractivity contribution >= 4 is 25.7 Å². The fraction of sp³-hybridized carbons (Fsp3) is 0.333. The highest BCUT2D eigenvalue weighted by atomic mass is 32.2. The van der Waals surface area contributed by atoms with Crippen molar-refractivity contribution in [3.8, 4) is 0 Å². The Balaban J connectivity index is 1.64. The van der Waals surface area contributed by atoms with Crippen molar-refractivity contribution < 1.29 is 16.8 Å². The van der Waals surface area contributed by atoms with Gasteiger partial charge in [-0.25, -0.2) is 16.8 Å². The van der Waals surface area contributed by atoms with Crippen LogP contribution in [-0.4, -0.2) is 69.6 Å². The van der Waals surface area contributed by atoms with Gasteiger partial charge < -0.3 is 5.73 Å². The van der Waals surface area contributed by atoms with Crippen molar-refractivity contribution in [2.75, 3.05) is 45.0 Å². The summed E-state index contributed by atoms with van der Waals surface area (Å²) in [4.78, 5) is 2.58. The van der Waals surface area contributed by atoms with Crippen LogP contribution >= 0.6 is 0 Å². The predicted molar refractivity (Wildman–Crippen MR) is 160 cm³/mol. The van der Waals surface area contributed by atoms with E-state index in [0.29, 0.717) is 50.3 Å². The summed E-state index contributed by atoms with van der Waals surface area (Å²) >= 11 is 0. The molecule has 1 aliphatic rings. The van der Waals surface area contributed by atoms with Crippen molar-refractivity contribution in [3.63, 3.8) is 0 Å². The first-order valence-corrected chi connectivity index (χ1v) is 16.3. The van der Waals surface area contributed by atoms with Crippen molar-refractivity contribution in [2.24, 2.45) is 0 Å². The first-order chi connectivity index (χ1) is 19.1. The molecule has 0 atom stereocenters. The Morgan fingerprint density at radius 1 is 0.725 bits per heavy atom. The van der Waals surface area contributed by atoms with E-state index in [1.165, 1.54) is 20.7 Å². The number of sulfonamides is 2. The minimum absolute atomic E-state index is 0.00966. The quantitative estimate of drug-likeness (QED) is 0.347. The number of hydrogen-bond acceptors (Lipinski definition) is 6. The Morgan fingerprint density at radius 2 is 1.30 bits per heavy atom. The third kappa shape index (κ3) is 7.58. The molecular formula is C30H38N4O4S2. The Kier molecular flexibility index (Phi) is 9.81. The van der Waals surface area contributed by atoms with Crippen molar-refractivity contribution in [1.29, 1.82) is 0 Å². The molecule has 214 valence electrons. The maximum absolute atomic E-state index is 13.7. The monoisotopic (exact) mass is 582 g/mol. The summed E-state index contributed by atoms with van der Waals surface area (Å²) < 4.78 is 57.6.